The van der Waals surface area contributed by atoms with Crippen LogP contribution in [0.5, 0.6) is 0 Å². The number of ether oxygens (including phenoxy) is 1. The van der Waals surface area contributed by atoms with Crippen LogP contribution in [0.25, 0.3) is 0 Å². The van der Waals surface area contributed by atoms with Gasteiger partial charge in [-0.05, 0) is 24.9 Å². The van der Waals surface area contributed by atoms with Crippen LogP contribution in [0.2, 0.25) is 0 Å². The lowest BCUT2D eigenvalue weighted by molar-refractivity contribution is -0.142. The number of carbonyl (C=O) groups excluding carboxylic acids is 1. The number of aliphatic hydroxyl groups excluding tert-OH is 1. The first-order chi connectivity index (χ1) is 9.79. The van der Waals surface area contributed by atoms with Crippen LogP contribution in [0.4, 0.5) is 0 Å². The van der Waals surface area contributed by atoms with Crippen LogP contribution in [-0.4, -0.2) is 37.9 Å². The molecule has 0 aromatic heterocycles. The van der Waals surface area contributed by atoms with Gasteiger partial charge in [0.25, 0.3) is 0 Å². The average Bonchev–Trinajstić information content (AvgIpc) is 2.50. The van der Waals surface area contributed by atoms with Gasteiger partial charge in [-0.2, -0.15) is 0 Å². The van der Waals surface area contributed by atoms with Gasteiger partial charge in [0, 0.05) is 13.2 Å². The molecular weight excluding hydrogens is 254 g/mol. The molecule has 0 saturated heterocycles. The Morgan fingerprint density at radius 2 is 1.90 bits per heavy atom. The third-order valence-corrected chi connectivity index (χ3v) is 3.30. The molecule has 0 aliphatic carbocycles. The molecular formula is C16H25NO3. The highest BCUT2D eigenvalue weighted by atomic mass is 16.5. The largest absolute Gasteiger partial charge is 0.469 e. The van der Waals surface area contributed by atoms with E-state index < -0.39 is 0 Å². The topological polar surface area (TPSA) is 58.6 Å². The molecule has 0 bridgehead atoms. The SMILES string of the molecule is COC(=O)C(CNCCCCCCO)c1ccccc1. The average molecular weight is 279 g/mol. The summed E-state index contributed by atoms with van der Waals surface area (Å²) >= 11 is 0. The first-order valence-electron chi connectivity index (χ1n) is 7.24. The number of esters is 1. The van der Waals surface area contributed by atoms with Crippen LogP contribution < -0.4 is 5.32 Å². The zero-order chi connectivity index (χ0) is 14.6. The van der Waals surface area contributed by atoms with Crippen molar-refractivity contribution >= 4 is 5.97 Å². The summed E-state index contributed by atoms with van der Waals surface area (Å²) < 4.78 is 4.87. The van der Waals surface area contributed by atoms with E-state index in [1.54, 1.807) is 0 Å². The number of carbonyl (C=O) groups is 1. The Morgan fingerprint density at radius 3 is 2.55 bits per heavy atom. The fraction of sp³-hybridized carbons (Fsp3) is 0.562. The van der Waals surface area contributed by atoms with Gasteiger partial charge in [0.2, 0.25) is 0 Å². The van der Waals surface area contributed by atoms with Crippen LogP contribution in [0.1, 0.15) is 37.2 Å². The molecule has 0 fully saturated rings. The van der Waals surface area contributed by atoms with Gasteiger partial charge in [-0.15, -0.1) is 0 Å². The summed E-state index contributed by atoms with van der Waals surface area (Å²) in [5.41, 5.74) is 0.979. The second-order valence-electron chi connectivity index (χ2n) is 4.83. The van der Waals surface area contributed by atoms with Crippen molar-refractivity contribution in [1.29, 1.82) is 0 Å². The third kappa shape index (κ3) is 6.17. The predicted molar refractivity (Wildman–Crippen MR) is 79.6 cm³/mol. The predicted octanol–water partition coefficient (Wildman–Crippen LogP) is 2.09. The molecule has 0 heterocycles. The molecule has 20 heavy (non-hydrogen) atoms. The van der Waals surface area contributed by atoms with Gasteiger partial charge < -0.3 is 15.2 Å². The third-order valence-electron chi connectivity index (χ3n) is 3.30. The first kappa shape index (κ1) is 16.7. The van der Waals surface area contributed by atoms with E-state index in [9.17, 15) is 4.79 Å². The molecule has 0 saturated carbocycles. The number of hydrogen-bond acceptors (Lipinski definition) is 4. The second kappa shape index (κ2) is 10.4. The van der Waals surface area contributed by atoms with Crippen molar-refractivity contribution in [2.75, 3.05) is 26.8 Å². The number of rotatable bonds is 10. The van der Waals surface area contributed by atoms with Crippen molar-refractivity contribution in [2.24, 2.45) is 0 Å². The molecule has 2 N–H and O–H groups in total. The molecule has 1 aromatic carbocycles. The fourth-order valence-electron chi connectivity index (χ4n) is 2.13. The van der Waals surface area contributed by atoms with Crippen molar-refractivity contribution < 1.29 is 14.6 Å². The maximum absolute atomic E-state index is 11.8. The maximum Gasteiger partial charge on any atom is 0.314 e. The van der Waals surface area contributed by atoms with Crippen LogP contribution in [-0.2, 0) is 9.53 Å². The molecule has 0 aliphatic rings. The monoisotopic (exact) mass is 279 g/mol. The molecule has 1 atom stereocenters. The van der Waals surface area contributed by atoms with E-state index in [2.05, 4.69) is 5.32 Å². The zero-order valence-corrected chi connectivity index (χ0v) is 12.2. The van der Waals surface area contributed by atoms with E-state index in [-0.39, 0.29) is 18.5 Å². The number of unbranched alkanes of at least 4 members (excludes halogenated alkanes) is 3. The van der Waals surface area contributed by atoms with E-state index >= 15 is 0 Å². The summed E-state index contributed by atoms with van der Waals surface area (Å²) in [6.45, 7) is 1.74. The van der Waals surface area contributed by atoms with E-state index in [1.165, 1.54) is 7.11 Å². The summed E-state index contributed by atoms with van der Waals surface area (Å²) in [6.07, 6.45) is 4.08. The van der Waals surface area contributed by atoms with E-state index in [4.69, 9.17) is 9.84 Å². The number of methoxy groups -OCH3 is 1. The highest BCUT2D eigenvalue weighted by Crippen LogP contribution is 2.16. The van der Waals surface area contributed by atoms with Crippen molar-refractivity contribution in [1.82, 2.24) is 5.32 Å². The van der Waals surface area contributed by atoms with Gasteiger partial charge in [0.05, 0.1) is 13.0 Å². The van der Waals surface area contributed by atoms with E-state index in [0.717, 1.165) is 37.8 Å². The van der Waals surface area contributed by atoms with Crippen molar-refractivity contribution in [3.63, 3.8) is 0 Å². The Labute approximate surface area is 121 Å². The Hall–Kier alpha value is -1.39. The molecule has 112 valence electrons. The molecule has 1 rings (SSSR count). The van der Waals surface area contributed by atoms with Crippen molar-refractivity contribution in [3.05, 3.63) is 35.9 Å². The summed E-state index contributed by atoms with van der Waals surface area (Å²) in [5.74, 6) is -0.456. The molecule has 0 amide bonds. The van der Waals surface area contributed by atoms with Gasteiger partial charge >= 0.3 is 5.97 Å². The van der Waals surface area contributed by atoms with Gasteiger partial charge in [-0.3, -0.25) is 4.79 Å². The Bertz CT molecular complexity index is 367. The Balaban J connectivity index is 2.34. The van der Waals surface area contributed by atoms with E-state index in [0.29, 0.717) is 6.54 Å². The molecule has 0 radical (unpaired) electrons. The van der Waals surface area contributed by atoms with E-state index in [1.807, 2.05) is 30.3 Å². The number of hydrogen-bond donors (Lipinski definition) is 2. The summed E-state index contributed by atoms with van der Waals surface area (Å²) in [7, 11) is 1.42. The van der Waals surface area contributed by atoms with Crippen molar-refractivity contribution in [3.8, 4) is 0 Å². The molecule has 0 aliphatic heterocycles. The second-order valence-corrected chi connectivity index (χ2v) is 4.83. The summed E-state index contributed by atoms with van der Waals surface area (Å²) in [4.78, 5) is 11.8. The Morgan fingerprint density at radius 1 is 1.20 bits per heavy atom. The lowest BCUT2D eigenvalue weighted by Gasteiger charge is -2.15. The smallest absolute Gasteiger partial charge is 0.314 e. The lowest BCUT2D eigenvalue weighted by Crippen LogP contribution is -2.28. The minimum absolute atomic E-state index is 0.205. The normalized spacial score (nSPS) is 12.1. The molecule has 1 aromatic rings. The standard InChI is InChI=1S/C16H25NO3/c1-20-16(19)15(14-9-5-4-6-10-14)13-17-11-7-2-3-8-12-18/h4-6,9-10,15,17-18H,2-3,7-8,11-13H2,1H3. The minimum Gasteiger partial charge on any atom is -0.469 e. The number of aliphatic hydroxyl groups is 1. The van der Waals surface area contributed by atoms with Crippen LogP contribution in [0.3, 0.4) is 0 Å². The molecule has 0 spiro atoms. The molecule has 4 heteroatoms. The van der Waals surface area contributed by atoms with Crippen LogP contribution in [0.15, 0.2) is 30.3 Å². The zero-order valence-electron chi connectivity index (χ0n) is 12.2. The molecule has 4 nitrogen and oxygen atoms in total. The highest BCUT2D eigenvalue weighted by molar-refractivity contribution is 5.78. The van der Waals surface area contributed by atoms with Gasteiger partial charge in [0.1, 0.15) is 0 Å². The maximum atomic E-state index is 11.8. The van der Waals surface area contributed by atoms with Gasteiger partial charge in [0.15, 0.2) is 0 Å². The lowest BCUT2D eigenvalue weighted by atomic mass is 9.99. The Kier molecular flexibility index (Phi) is 8.67. The van der Waals surface area contributed by atoms with Gasteiger partial charge in [-0.1, -0.05) is 43.2 Å². The fourth-order valence-corrected chi connectivity index (χ4v) is 2.13. The summed E-state index contributed by atoms with van der Waals surface area (Å²) in [5, 5.41) is 12.0. The van der Waals surface area contributed by atoms with Crippen molar-refractivity contribution in [2.45, 2.75) is 31.6 Å². The quantitative estimate of drug-likeness (QED) is 0.508. The number of benzene rings is 1. The first-order valence-corrected chi connectivity index (χ1v) is 7.24. The van der Waals surface area contributed by atoms with Crippen LogP contribution >= 0.6 is 0 Å². The molecule has 1 unspecified atom stereocenters. The number of nitrogens with one attached hydrogen (secondary N) is 1. The van der Waals surface area contributed by atoms with Crippen LogP contribution in [0, 0.1) is 0 Å². The van der Waals surface area contributed by atoms with Gasteiger partial charge in [-0.25, -0.2) is 0 Å². The highest BCUT2D eigenvalue weighted by Gasteiger charge is 2.20. The summed E-state index contributed by atoms with van der Waals surface area (Å²) in [6, 6.07) is 9.70. The minimum atomic E-state index is -0.251.